The molecule has 6 heteroatoms. The van der Waals surface area contributed by atoms with Crippen molar-refractivity contribution < 1.29 is 9.59 Å². The number of benzene rings is 1. The van der Waals surface area contributed by atoms with E-state index in [1.807, 2.05) is 19.1 Å². The van der Waals surface area contributed by atoms with Gasteiger partial charge in [-0.3, -0.25) is 14.5 Å². The number of nitrogen functional groups attached to an aromatic ring is 1. The highest BCUT2D eigenvalue weighted by Crippen LogP contribution is 2.35. The molecule has 132 valence electrons. The fourth-order valence-electron chi connectivity index (χ4n) is 3.59. The number of carbonyl (C=O) groups is 2. The van der Waals surface area contributed by atoms with Crippen LogP contribution in [0.5, 0.6) is 0 Å². The van der Waals surface area contributed by atoms with Crippen LogP contribution in [0.4, 0.5) is 11.5 Å². The summed E-state index contributed by atoms with van der Waals surface area (Å²) in [5, 5.41) is 0. The zero-order valence-corrected chi connectivity index (χ0v) is 14.4. The molecule has 2 amide bonds. The molecule has 2 aromatic rings. The number of carbonyl (C=O) groups excluding carboxylic acids is 2. The summed E-state index contributed by atoms with van der Waals surface area (Å²) < 4.78 is 0. The molecular formula is C19H24N4O2. The average Bonchev–Trinajstić information content (AvgIpc) is 3.26. The first-order chi connectivity index (χ1) is 12.0. The van der Waals surface area contributed by atoms with Gasteiger partial charge in [-0.25, -0.2) is 0 Å². The van der Waals surface area contributed by atoms with Crippen LogP contribution in [0.15, 0.2) is 30.5 Å². The van der Waals surface area contributed by atoms with E-state index in [1.165, 1.54) is 0 Å². The summed E-state index contributed by atoms with van der Waals surface area (Å²) in [5.74, 6) is -0.0341. The number of primary amides is 1. The van der Waals surface area contributed by atoms with Gasteiger partial charge in [0.05, 0.1) is 5.56 Å². The van der Waals surface area contributed by atoms with Crippen LogP contribution >= 0.6 is 0 Å². The van der Waals surface area contributed by atoms with Gasteiger partial charge in [0.15, 0.2) is 0 Å². The normalized spacial score (nSPS) is 14.6. The monoisotopic (exact) mass is 340 g/mol. The lowest BCUT2D eigenvalue weighted by molar-refractivity contribution is -0.118. The topological polar surface area (TPSA) is 105 Å². The summed E-state index contributed by atoms with van der Waals surface area (Å²) in [6, 6.07) is 7.35. The van der Waals surface area contributed by atoms with Crippen molar-refractivity contribution in [2.24, 2.45) is 5.73 Å². The van der Waals surface area contributed by atoms with Crippen molar-refractivity contribution in [2.75, 3.05) is 10.6 Å². The molecule has 0 saturated heterocycles. The number of H-pyrrole nitrogens is 1. The molecule has 5 N–H and O–H groups in total. The largest absolute Gasteiger partial charge is 0.399 e. The second-order valence-corrected chi connectivity index (χ2v) is 6.47. The molecule has 3 rings (SSSR count). The molecule has 1 aromatic carbocycles. The maximum absolute atomic E-state index is 12.6. The summed E-state index contributed by atoms with van der Waals surface area (Å²) in [4.78, 5) is 29.7. The Morgan fingerprint density at radius 1 is 1.20 bits per heavy atom. The Labute approximate surface area is 147 Å². The van der Waals surface area contributed by atoms with Gasteiger partial charge in [-0.2, -0.15) is 0 Å². The maximum Gasteiger partial charge on any atom is 0.253 e. The van der Waals surface area contributed by atoms with Crippen molar-refractivity contribution >= 4 is 23.3 Å². The number of nitrogens with zero attached hydrogens (tertiary/aromatic N) is 1. The summed E-state index contributed by atoms with van der Waals surface area (Å²) in [6.45, 7) is 1.83. The Morgan fingerprint density at radius 2 is 1.84 bits per heavy atom. The van der Waals surface area contributed by atoms with Crippen molar-refractivity contribution in [3.63, 3.8) is 0 Å². The highest BCUT2D eigenvalue weighted by Gasteiger charge is 2.32. The molecule has 0 aliphatic heterocycles. The van der Waals surface area contributed by atoms with E-state index in [0.717, 1.165) is 31.2 Å². The van der Waals surface area contributed by atoms with Crippen LogP contribution in [0.25, 0.3) is 11.1 Å². The molecule has 0 unspecified atom stereocenters. The Bertz CT molecular complexity index is 773. The highest BCUT2D eigenvalue weighted by atomic mass is 16.2. The third-order valence-electron chi connectivity index (χ3n) is 4.83. The van der Waals surface area contributed by atoms with Crippen molar-refractivity contribution in [3.8, 4) is 11.1 Å². The van der Waals surface area contributed by atoms with Crippen LogP contribution in [0, 0.1) is 0 Å². The smallest absolute Gasteiger partial charge is 0.253 e. The van der Waals surface area contributed by atoms with E-state index in [-0.39, 0.29) is 11.9 Å². The quantitative estimate of drug-likeness (QED) is 0.728. The van der Waals surface area contributed by atoms with Crippen molar-refractivity contribution in [2.45, 2.75) is 45.1 Å². The summed E-state index contributed by atoms with van der Waals surface area (Å²) in [5.41, 5.74) is 14.0. The SMILES string of the molecule is CCC(=O)N(c1[nH]cc(-c2ccc(N)cc2)c1C(N)=O)C1CCCC1. The van der Waals surface area contributed by atoms with Gasteiger partial charge in [-0.05, 0) is 30.5 Å². The first kappa shape index (κ1) is 17.1. The summed E-state index contributed by atoms with van der Waals surface area (Å²) >= 11 is 0. The summed E-state index contributed by atoms with van der Waals surface area (Å²) in [7, 11) is 0. The number of aromatic amines is 1. The second-order valence-electron chi connectivity index (χ2n) is 6.47. The molecule has 1 saturated carbocycles. The van der Waals surface area contributed by atoms with E-state index in [4.69, 9.17) is 11.5 Å². The Balaban J connectivity index is 2.10. The molecular weight excluding hydrogens is 316 g/mol. The predicted molar refractivity (Wildman–Crippen MR) is 99.2 cm³/mol. The molecule has 0 atom stereocenters. The van der Waals surface area contributed by atoms with Crippen molar-refractivity contribution in [1.29, 1.82) is 0 Å². The minimum absolute atomic E-state index is 0.0000983. The molecule has 1 aliphatic rings. The van der Waals surface area contributed by atoms with Gasteiger partial charge in [0.25, 0.3) is 5.91 Å². The zero-order chi connectivity index (χ0) is 18.0. The molecule has 0 radical (unpaired) electrons. The Kier molecular flexibility index (Phi) is 4.79. The standard InChI is InChI=1S/C19H24N4O2/c1-2-16(24)23(14-5-3-4-6-14)19-17(18(21)25)15(11-22-19)12-7-9-13(20)10-8-12/h7-11,14,22H,2-6,20H2,1H3,(H2,21,25). The Morgan fingerprint density at radius 3 is 2.40 bits per heavy atom. The van der Waals surface area contributed by atoms with Gasteiger partial charge in [0, 0.05) is 29.9 Å². The number of nitrogens with two attached hydrogens (primary N) is 2. The fraction of sp³-hybridized carbons (Fsp3) is 0.368. The van der Waals surface area contributed by atoms with E-state index in [9.17, 15) is 9.59 Å². The lowest BCUT2D eigenvalue weighted by Gasteiger charge is -2.28. The first-order valence-electron chi connectivity index (χ1n) is 8.72. The number of hydrogen-bond acceptors (Lipinski definition) is 3. The van der Waals surface area contributed by atoms with Crippen LogP contribution in [-0.2, 0) is 4.79 Å². The van der Waals surface area contributed by atoms with Gasteiger partial charge < -0.3 is 16.5 Å². The average molecular weight is 340 g/mol. The predicted octanol–water partition coefficient (Wildman–Crippen LogP) is 3.05. The Hall–Kier alpha value is -2.76. The lowest BCUT2D eigenvalue weighted by Crippen LogP contribution is -2.40. The van der Waals surface area contributed by atoms with E-state index < -0.39 is 5.91 Å². The van der Waals surface area contributed by atoms with Gasteiger partial charge in [0.1, 0.15) is 5.82 Å². The fourth-order valence-corrected chi connectivity index (χ4v) is 3.59. The van der Waals surface area contributed by atoms with E-state index in [1.54, 1.807) is 23.2 Å². The molecule has 0 bridgehead atoms. The minimum atomic E-state index is -0.546. The first-order valence-corrected chi connectivity index (χ1v) is 8.72. The van der Waals surface area contributed by atoms with Crippen LogP contribution in [0.3, 0.4) is 0 Å². The molecule has 25 heavy (non-hydrogen) atoms. The molecule has 6 nitrogen and oxygen atoms in total. The van der Waals surface area contributed by atoms with Gasteiger partial charge in [-0.1, -0.05) is 31.9 Å². The third-order valence-corrected chi connectivity index (χ3v) is 4.83. The van der Waals surface area contributed by atoms with Gasteiger partial charge in [-0.15, -0.1) is 0 Å². The lowest BCUT2D eigenvalue weighted by atomic mass is 10.0. The van der Waals surface area contributed by atoms with E-state index in [2.05, 4.69) is 4.98 Å². The van der Waals surface area contributed by atoms with Crippen LogP contribution < -0.4 is 16.4 Å². The van der Waals surface area contributed by atoms with Crippen molar-refractivity contribution in [1.82, 2.24) is 4.98 Å². The number of amides is 2. The van der Waals surface area contributed by atoms with Crippen LogP contribution in [-0.4, -0.2) is 22.8 Å². The highest BCUT2D eigenvalue weighted by molar-refractivity contribution is 6.08. The molecule has 1 fully saturated rings. The van der Waals surface area contributed by atoms with Gasteiger partial charge >= 0.3 is 0 Å². The molecule has 1 aromatic heterocycles. The second kappa shape index (κ2) is 7.01. The number of aromatic nitrogens is 1. The van der Waals surface area contributed by atoms with E-state index >= 15 is 0 Å². The van der Waals surface area contributed by atoms with Gasteiger partial charge in [0.2, 0.25) is 5.91 Å². The van der Waals surface area contributed by atoms with Crippen molar-refractivity contribution in [3.05, 3.63) is 36.0 Å². The molecule has 0 spiro atoms. The number of hydrogen-bond donors (Lipinski definition) is 3. The maximum atomic E-state index is 12.6. The van der Waals surface area contributed by atoms with Crippen LogP contribution in [0.1, 0.15) is 49.4 Å². The number of nitrogens with one attached hydrogen (secondary N) is 1. The zero-order valence-electron chi connectivity index (χ0n) is 14.4. The molecule has 1 heterocycles. The number of rotatable bonds is 5. The molecule has 1 aliphatic carbocycles. The number of anilines is 2. The summed E-state index contributed by atoms with van der Waals surface area (Å²) in [6.07, 6.45) is 6.20. The third kappa shape index (κ3) is 3.24. The van der Waals surface area contributed by atoms with Crippen LogP contribution in [0.2, 0.25) is 0 Å². The minimum Gasteiger partial charge on any atom is -0.399 e. The van der Waals surface area contributed by atoms with E-state index in [0.29, 0.717) is 29.1 Å².